The highest BCUT2D eigenvalue weighted by Crippen LogP contribution is 2.42. The van der Waals surface area contributed by atoms with Crippen molar-refractivity contribution in [2.75, 3.05) is 11.4 Å². The molecule has 3 aliphatic rings. The molecule has 1 unspecified atom stereocenters. The van der Waals surface area contributed by atoms with Crippen molar-refractivity contribution in [1.82, 2.24) is 4.57 Å². The number of aliphatic imine (C=N–C) groups is 1. The zero-order valence-electron chi connectivity index (χ0n) is 27.9. The second-order valence-electron chi connectivity index (χ2n) is 12.9. The smallest absolute Gasteiger partial charge is 0.0988 e. The summed E-state index contributed by atoms with van der Waals surface area (Å²) in [4.78, 5) is 7.62. The predicted octanol–water partition coefficient (Wildman–Crippen LogP) is 11.0. The number of nitriles is 1. The molecular weight excluding hydrogens is 585 g/mol. The second kappa shape index (κ2) is 13.2. The molecule has 0 N–H and O–H groups in total. The second-order valence-corrected chi connectivity index (χ2v) is 12.9. The number of anilines is 1. The van der Waals surface area contributed by atoms with Crippen LogP contribution in [0.3, 0.4) is 0 Å². The summed E-state index contributed by atoms with van der Waals surface area (Å²) >= 11 is 0. The standard InChI is InChI=1S/C44H40N4/c1-30(2)24-25-31(3)35-16-6-5-15-33(35)27-39-32(4)46-40-20-13-14-26-47(41-21-10-9-19-38(40)41)29-34(28-45)44(39)48-42-22-11-7-17-36(42)37-18-8-12-23-43(37)48/h6-14,16-26,31H,1,5,15,27,29H2,2-4H3/b20-13-,25-24-,26-14-,39-32+,44-34+,46-40-. The predicted molar refractivity (Wildman–Crippen MR) is 203 cm³/mol. The normalized spacial score (nSPS) is 22.6. The van der Waals surface area contributed by atoms with Crippen LogP contribution in [0.2, 0.25) is 0 Å². The summed E-state index contributed by atoms with van der Waals surface area (Å²) in [6, 6.07) is 28.2. The van der Waals surface area contributed by atoms with E-state index in [2.05, 4.69) is 145 Å². The van der Waals surface area contributed by atoms with Gasteiger partial charge in [0.2, 0.25) is 0 Å². The van der Waals surface area contributed by atoms with Gasteiger partial charge in [-0.1, -0.05) is 110 Å². The van der Waals surface area contributed by atoms with Crippen LogP contribution in [0.15, 0.2) is 167 Å². The van der Waals surface area contributed by atoms with Gasteiger partial charge in [-0.2, -0.15) is 5.26 Å². The van der Waals surface area contributed by atoms with Crippen LogP contribution >= 0.6 is 0 Å². The van der Waals surface area contributed by atoms with E-state index < -0.39 is 0 Å². The largest absolute Gasteiger partial charge is 0.342 e. The average Bonchev–Trinajstić information content (AvgIpc) is 3.43. The molecule has 0 saturated heterocycles. The summed E-state index contributed by atoms with van der Waals surface area (Å²) in [5.41, 5.74) is 12.5. The number of aromatic nitrogens is 1. The number of rotatable bonds is 6. The summed E-state index contributed by atoms with van der Waals surface area (Å²) in [7, 11) is 0. The molecule has 3 aromatic carbocycles. The van der Waals surface area contributed by atoms with Crippen LogP contribution < -0.4 is 4.90 Å². The molecule has 0 spiro atoms. The molecule has 0 amide bonds. The van der Waals surface area contributed by atoms with Crippen molar-refractivity contribution in [3.8, 4) is 6.07 Å². The quantitative estimate of drug-likeness (QED) is 0.200. The lowest BCUT2D eigenvalue weighted by Crippen LogP contribution is -2.24. The first-order valence-electron chi connectivity index (χ1n) is 16.8. The fraction of sp³-hybridized carbons (Fsp3) is 0.182. The van der Waals surface area contributed by atoms with Gasteiger partial charge < -0.3 is 9.47 Å². The fourth-order valence-corrected chi connectivity index (χ4v) is 7.25. The topological polar surface area (TPSA) is 44.3 Å². The van der Waals surface area contributed by atoms with Gasteiger partial charge in [0.05, 0.1) is 46.3 Å². The van der Waals surface area contributed by atoms with E-state index in [0.29, 0.717) is 18.5 Å². The van der Waals surface area contributed by atoms with Crippen LogP contribution in [0.5, 0.6) is 0 Å². The number of para-hydroxylation sites is 3. The van der Waals surface area contributed by atoms with Gasteiger partial charge in [-0.3, -0.25) is 4.99 Å². The summed E-state index contributed by atoms with van der Waals surface area (Å²) in [6.07, 6.45) is 19.9. The Morgan fingerprint density at radius 3 is 2.42 bits per heavy atom. The van der Waals surface area contributed by atoms with Crippen molar-refractivity contribution in [2.24, 2.45) is 10.9 Å². The highest BCUT2D eigenvalue weighted by atomic mass is 15.1. The molecule has 1 atom stereocenters. The van der Waals surface area contributed by atoms with E-state index >= 15 is 0 Å². The third kappa shape index (κ3) is 5.73. The molecule has 0 radical (unpaired) electrons. The Morgan fingerprint density at radius 2 is 1.69 bits per heavy atom. The first-order chi connectivity index (χ1) is 23.4. The maximum Gasteiger partial charge on any atom is 0.0988 e. The lowest BCUT2D eigenvalue weighted by Gasteiger charge is -2.29. The number of allylic oxidation sites excluding steroid dienone is 13. The van der Waals surface area contributed by atoms with Gasteiger partial charge >= 0.3 is 0 Å². The van der Waals surface area contributed by atoms with Gasteiger partial charge in [0, 0.05) is 33.8 Å². The van der Waals surface area contributed by atoms with Gasteiger partial charge in [0.15, 0.2) is 0 Å². The summed E-state index contributed by atoms with van der Waals surface area (Å²) < 4.78 is 2.33. The number of benzene rings is 3. The third-order valence-corrected chi connectivity index (χ3v) is 9.55. The first-order valence-corrected chi connectivity index (χ1v) is 16.8. The maximum absolute atomic E-state index is 11.2. The number of hydrogen-bond donors (Lipinski definition) is 0. The van der Waals surface area contributed by atoms with E-state index in [9.17, 15) is 5.26 Å². The molecular formula is C44H40N4. The van der Waals surface area contributed by atoms with E-state index in [1.165, 1.54) is 21.9 Å². The molecule has 4 nitrogen and oxygen atoms in total. The SMILES string of the molecule is C=C(C)/C=C\C(C)C1=C(CC2=C(C)\N=C3\C=C/C=C\N(C/C(C#N)=C\2n2c4ccccc4c4ccccc42)c2ccccc23)CCC=C1. The molecule has 2 aliphatic heterocycles. The van der Waals surface area contributed by atoms with Crippen LogP contribution in [0.1, 0.15) is 45.6 Å². The number of fused-ring (bicyclic) bond motifs is 3. The van der Waals surface area contributed by atoms with Crippen LogP contribution in [-0.4, -0.2) is 16.8 Å². The molecule has 236 valence electrons. The van der Waals surface area contributed by atoms with E-state index in [4.69, 9.17) is 4.99 Å². The number of hydrogen-bond acceptors (Lipinski definition) is 3. The molecule has 0 fully saturated rings. The molecule has 1 aliphatic carbocycles. The molecule has 2 bridgehead atoms. The van der Waals surface area contributed by atoms with Crippen molar-refractivity contribution in [3.63, 3.8) is 0 Å². The minimum Gasteiger partial charge on any atom is -0.342 e. The Bertz CT molecular complexity index is 2200. The Hall–Kier alpha value is -5.66. The van der Waals surface area contributed by atoms with E-state index in [0.717, 1.165) is 63.4 Å². The van der Waals surface area contributed by atoms with Crippen LogP contribution in [-0.2, 0) is 0 Å². The molecule has 1 aromatic heterocycles. The summed E-state index contributed by atoms with van der Waals surface area (Å²) in [6.45, 7) is 10.9. The summed E-state index contributed by atoms with van der Waals surface area (Å²) in [5.74, 6) is 0.227. The average molecular weight is 625 g/mol. The van der Waals surface area contributed by atoms with Crippen molar-refractivity contribution in [1.29, 1.82) is 5.26 Å². The van der Waals surface area contributed by atoms with Crippen molar-refractivity contribution >= 4 is 38.9 Å². The zero-order chi connectivity index (χ0) is 33.2. The minimum atomic E-state index is 0.227. The monoisotopic (exact) mass is 624 g/mol. The highest BCUT2D eigenvalue weighted by molar-refractivity contribution is 6.14. The molecule has 48 heavy (non-hydrogen) atoms. The molecule has 4 heteroatoms. The van der Waals surface area contributed by atoms with Crippen LogP contribution in [0, 0.1) is 17.2 Å². The van der Waals surface area contributed by atoms with Gasteiger partial charge in [-0.05, 0) is 75.0 Å². The Morgan fingerprint density at radius 1 is 0.979 bits per heavy atom. The fourth-order valence-electron chi connectivity index (χ4n) is 7.25. The maximum atomic E-state index is 11.2. The highest BCUT2D eigenvalue weighted by Gasteiger charge is 2.27. The van der Waals surface area contributed by atoms with E-state index in [1.807, 2.05) is 19.1 Å². The third-order valence-electron chi connectivity index (χ3n) is 9.55. The van der Waals surface area contributed by atoms with E-state index in [-0.39, 0.29) is 5.92 Å². The van der Waals surface area contributed by atoms with Gasteiger partial charge in [0.1, 0.15) is 0 Å². The molecule has 4 aromatic rings. The van der Waals surface area contributed by atoms with Gasteiger partial charge in [-0.15, -0.1) is 0 Å². The van der Waals surface area contributed by atoms with Gasteiger partial charge in [0.25, 0.3) is 0 Å². The first kappa shape index (κ1) is 31.0. The van der Waals surface area contributed by atoms with Gasteiger partial charge in [-0.25, -0.2) is 0 Å². The van der Waals surface area contributed by atoms with Crippen molar-refractivity contribution in [3.05, 3.63) is 167 Å². The van der Waals surface area contributed by atoms with Crippen molar-refractivity contribution in [2.45, 2.75) is 40.0 Å². The van der Waals surface area contributed by atoms with E-state index in [1.54, 1.807) is 0 Å². The lowest BCUT2D eigenvalue weighted by molar-refractivity contribution is 0.797. The van der Waals surface area contributed by atoms with Crippen molar-refractivity contribution < 1.29 is 0 Å². The molecule has 0 saturated carbocycles. The molecule has 7 rings (SSSR count). The minimum absolute atomic E-state index is 0.227. The lowest BCUT2D eigenvalue weighted by atomic mass is 9.84. The molecule has 3 heterocycles. The zero-order valence-corrected chi connectivity index (χ0v) is 27.9. The summed E-state index contributed by atoms with van der Waals surface area (Å²) in [5, 5.41) is 13.5. The number of nitrogens with zero attached hydrogens (tertiary/aromatic N) is 4. The Labute approximate surface area is 283 Å². The van der Waals surface area contributed by atoms with Crippen LogP contribution in [0.4, 0.5) is 5.69 Å². The Balaban J connectivity index is 1.57. The Kier molecular flexibility index (Phi) is 8.53. The van der Waals surface area contributed by atoms with Crippen LogP contribution in [0.25, 0.3) is 27.5 Å².